The van der Waals surface area contributed by atoms with Crippen molar-refractivity contribution in [3.8, 4) is 0 Å². The van der Waals surface area contributed by atoms with Gasteiger partial charge in [-0.1, -0.05) is 24.6 Å². The van der Waals surface area contributed by atoms with Gasteiger partial charge in [0, 0.05) is 44.7 Å². The molecule has 0 aromatic heterocycles. The number of carbonyl (C=O) groups is 1. The minimum absolute atomic E-state index is 0.282. The van der Waals surface area contributed by atoms with E-state index in [9.17, 15) is 4.79 Å². The van der Waals surface area contributed by atoms with E-state index >= 15 is 0 Å². The van der Waals surface area contributed by atoms with Crippen LogP contribution in [0.5, 0.6) is 0 Å². The summed E-state index contributed by atoms with van der Waals surface area (Å²) in [7, 11) is 0. The molecule has 3 nitrogen and oxygen atoms in total. The van der Waals surface area contributed by atoms with Crippen molar-refractivity contribution in [1.29, 1.82) is 0 Å². The predicted molar refractivity (Wildman–Crippen MR) is 83.4 cm³/mol. The zero-order chi connectivity index (χ0) is 14.5. The topological polar surface area (TPSA) is 23.6 Å². The summed E-state index contributed by atoms with van der Waals surface area (Å²) in [6, 6.07) is 6.13. The molecule has 0 bridgehead atoms. The van der Waals surface area contributed by atoms with E-state index in [2.05, 4.69) is 22.8 Å². The monoisotopic (exact) mass is 274 g/mol. The second-order valence-electron chi connectivity index (χ2n) is 5.77. The van der Waals surface area contributed by atoms with Crippen molar-refractivity contribution in [2.45, 2.75) is 27.2 Å². The van der Waals surface area contributed by atoms with Crippen LogP contribution in [0.4, 0.5) is 0 Å². The number of nitrogens with zero attached hydrogens (tertiary/aromatic N) is 2. The number of Topliss-reactive ketones (excluding diaryl/α,β-unsaturated/α-hetero) is 1. The van der Waals surface area contributed by atoms with Crippen LogP contribution < -0.4 is 0 Å². The number of ketones is 1. The van der Waals surface area contributed by atoms with Gasteiger partial charge in [0.05, 0.1) is 0 Å². The Kier molecular flexibility index (Phi) is 5.32. The number of piperazine rings is 1. The number of hydrogen-bond donors (Lipinski definition) is 0. The molecule has 0 atom stereocenters. The maximum absolute atomic E-state index is 12.3. The lowest BCUT2D eigenvalue weighted by Gasteiger charge is -2.33. The fourth-order valence-electron chi connectivity index (χ4n) is 2.76. The van der Waals surface area contributed by atoms with Gasteiger partial charge in [-0.05, 0) is 32.0 Å². The van der Waals surface area contributed by atoms with Crippen LogP contribution in [-0.2, 0) is 0 Å². The number of carbonyl (C=O) groups excluding carboxylic acids is 1. The van der Waals surface area contributed by atoms with Crippen molar-refractivity contribution in [2.24, 2.45) is 0 Å². The lowest BCUT2D eigenvalue weighted by atomic mass is 10.00. The molecule has 0 spiro atoms. The first kappa shape index (κ1) is 15.2. The molecule has 3 heteroatoms. The van der Waals surface area contributed by atoms with E-state index in [4.69, 9.17) is 0 Å². The molecule has 1 aliphatic heterocycles. The number of hydrogen-bond acceptors (Lipinski definition) is 3. The normalized spacial score (nSPS) is 17.4. The lowest BCUT2D eigenvalue weighted by molar-refractivity contribution is 0.0931. The second-order valence-corrected chi connectivity index (χ2v) is 5.77. The van der Waals surface area contributed by atoms with E-state index in [1.165, 1.54) is 0 Å². The lowest BCUT2D eigenvalue weighted by Crippen LogP contribution is -2.46. The summed E-state index contributed by atoms with van der Waals surface area (Å²) < 4.78 is 0. The third kappa shape index (κ3) is 3.90. The highest BCUT2D eigenvalue weighted by atomic mass is 16.1. The van der Waals surface area contributed by atoms with Gasteiger partial charge in [0.25, 0.3) is 0 Å². The molecule has 0 N–H and O–H groups in total. The fourth-order valence-corrected chi connectivity index (χ4v) is 2.76. The van der Waals surface area contributed by atoms with Gasteiger partial charge in [-0.25, -0.2) is 0 Å². The predicted octanol–water partition coefficient (Wildman–Crippen LogP) is 2.51. The van der Waals surface area contributed by atoms with Gasteiger partial charge in [0.2, 0.25) is 0 Å². The van der Waals surface area contributed by atoms with Crippen molar-refractivity contribution in [3.05, 3.63) is 34.9 Å². The third-order valence-corrected chi connectivity index (χ3v) is 4.26. The first-order valence-electron chi connectivity index (χ1n) is 7.65. The summed E-state index contributed by atoms with van der Waals surface area (Å²) in [6.45, 7) is 12.7. The van der Waals surface area contributed by atoms with Crippen molar-refractivity contribution in [2.75, 3.05) is 39.3 Å². The summed E-state index contributed by atoms with van der Waals surface area (Å²) in [5, 5.41) is 0. The molecular weight excluding hydrogens is 248 g/mol. The highest BCUT2D eigenvalue weighted by molar-refractivity contribution is 5.97. The van der Waals surface area contributed by atoms with Crippen molar-refractivity contribution in [3.63, 3.8) is 0 Å². The third-order valence-electron chi connectivity index (χ3n) is 4.26. The van der Waals surface area contributed by atoms with E-state index in [-0.39, 0.29) is 5.78 Å². The number of benzene rings is 1. The van der Waals surface area contributed by atoms with Crippen LogP contribution in [0.3, 0.4) is 0 Å². The standard InChI is InChI=1S/C17H26N2O/c1-4-18-9-11-19(12-10-18)8-7-17(20)16-13-14(2)5-6-15(16)3/h5-6,13H,4,7-12H2,1-3H3. The second kappa shape index (κ2) is 7.00. The molecule has 1 aromatic carbocycles. The molecule has 0 radical (unpaired) electrons. The van der Waals surface area contributed by atoms with Crippen LogP contribution in [0.2, 0.25) is 0 Å². The molecular formula is C17H26N2O. The molecule has 0 amide bonds. The highest BCUT2D eigenvalue weighted by Crippen LogP contribution is 2.13. The van der Waals surface area contributed by atoms with Crippen LogP contribution in [0.25, 0.3) is 0 Å². The van der Waals surface area contributed by atoms with Gasteiger partial charge in [0.1, 0.15) is 0 Å². The molecule has 1 fully saturated rings. The van der Waals surface area contributed by atoms with Gasteiger partial charge >= 0.3 is 0 Å². The number of rotatable bonds is 5. The SMILES string of the molecule is CCN1CCN(CCC(=O)c2cc(C)ccc2C)CC1. The Morgan fingerprint density at radius 3 is 2.40 bits per heavy atom. The van der Waals surface area contributed by atoms with E-state index in [1.807, 2.05) is 26.0 Å². The minimum atomic E-state index is 0.282. The van der Waals surface area contributed by atoms with Crippen LogP contribution in [-0.4, -0.2) is 54.9 Å². The molecule has 1 aliphatic rings. The molecule has 1 saturated heterocycles. The van der Waals surface area contributed by atoms with Gasteiger partial charge in [0.15, 0.2) is 5.78 Å². The molecule has 20 heavy (non-hydrogen) atoms. The average Bonchev–Trinajstić information content (AvgIpc) is 2.47. The van der Waals surface area contributed by atoms with Gasteiger partial charge in [-0.3, -0.25) is 4.79 Å². The van der Waals surface area contributed by atoms with E-state index in [0.717, 1.165) is 56.0 Å². The summed E-state index contributed by atoms with van der Waals surface area (Å²) in [4.78, 5) is 17.2. The van der Waals surface area contributed by atoms with Gasteiger partial charge < -0.3 is 9.80 Å². The Morgan fingerprint density at radius 2 is 1.75 bits per heavy atom. The molecule has 110 valence electrons. The summed E-state index contributed by atoms with van der Waals surface area (Å²) >= 11 is 0. The number of aryl methyl sites for hydroxylation is 2. The van der Waals surface area contributed by atoms with E-state index in [0.29, 0.717) is 6.42 Å². The van der Waals surface area contributed by atoms with Crippen LogP contribution in [0, 0.1) is 13.8 Å². The Balaban J connectivity index is 1.85. The largest absolute Gasteiger partial charge is 0.301 e. The Morgan fingerprint density at radius 1 is 1.10 bits per heavy atom. The zero-order valence-electron chi connectivity index (χ0n) is 13.0. The first-order chi connectivity index (χ1) is 9.60. The number of likely N-dealkylation sites (N-methyl/N-ethyl adjacent to an activating group) is 1. The molecule has 1 heterocycles. The molecule has 0 unspecified atom stereocenters. The fraction of sp³-hybridized carbons (Fsp3) is 0.588. The quantitative estimate of drug-likeness (QED) is 0.771. The van der Waals surface area contributed by atoms with Crippen LogP contribution >= 0.6 is 0 Å². The average molecular weight is 274 g/mol. The maximum atomic E-state index is 12.3. The highest BCUT2D eigenvalue weighted by Gasteiger charge is 2.17. The van der Waals surface area contributed by atoms with Crippen molar-refractivity contribution < 1.29 is 4.79 Å². The maximum Gasteiger partial charge on any atom is 0.164 e. The zero-order valence-corrected chi connectivity index (χ0v) is 13.0. The first-order valence-corrected chi connectivity index (χ1v) is 7.65. The summed E-state index contributed by atoms with van der Waals surface area (Å²) in [5.74, 6) is 0.282. The molecule has 2 rings (SSSR count). The summed E-state index contributed by atoms with van der Waals surface area (Å²) in [6.07, 6.45) is 0.635. The van der Waals surface area contributed by atoms with Crippen LogP contribution in [0.15, 0.2) is 18.2 Å². The Bertz CT molecular complexity index is 462. The summed E-state index contributed by atoms with van der Waals surface area (Å²) in [5.41, 5.74) is 3.16. The molecule has 0 aliphatic carbocycles. The minimum Gasteiger partial charge on any atom is -0.301 e. The van der Waals surface area contributed by atoms with Crippen molar-refractivity contribution in [1.82, 2.24) is 9.80 Å². The van der Waals surface area contributed by atoms with Gasteiger partial charge in [-0.15, -0.1) is 0 Å². The Hall–Kier alpha value is -1.19. The van der Waals surface area contributed by atoms with E-state index < -0.39 is 0 Å². The van der Waals surface area contributed by atoms with Crippen LogP contribution in [0.1, 0.15) is 34.8 Å². The smallest absolute Gasteiger partial charge is 0.164 e. The van der Waals surface area contributed by atoms with Crippen molar-refractivity contribution >= 4 is 5.78 Å². The molecule has 1 aromatic rings. The Labute approximate surface area is 122 Å². The van der Waals surface area contributed by atoms with E-state index in [1.54, 1.807) is 0 Å². The van der Waals surface area contributed by atoms with Gasteiger partial charge in [-0.2, -0.15) is 0 Å². The molecule has 0 saturated carbocycles.